The average Bonchev–Trinajstić information content (AvgIpc) is 2.36. The normalized spacial score (nSPS) is 11.8. The van der Waals surface area contributed by atoms with Gasteiger partial charge in [-0.05, 0) is 37.6 Å². The Morgan fingerprint density at radius 2 is 2.29 bits per heavy atom. The van der Waals surface area contributed by atoms with Gasteiger partial charge in [0.15, 0.2) is 0 Å². The molecule has 0 saturated heterocycles. The minimum absolute atomic E-state index is 0.353. The van der Waals surface area contributed by atoms with Crippen molar-refractivity contribution in [3.05, 3.63) is 29.8 Å². The van der Waals surface area contributed by atoms with Gasteiger partial charge in [0.2, 0.25) is 0 Å². The summed E-state index contributed by atoms with van der Waals surface area (Å²) in [6.45, 7) is 5.94. The second-order valence-corrected chi connectivity index (χ2v) is 4.05. The molecule has 0 heterocycles. The highest BCUT2D eigenvalue weighted by molar-refractivity contribution is 5.30. The third kappa shape index (κ3) is 4.93. The van der Waals surface area contributed by atoms with Crippen molar-refractivity contribution in [2.45, 2.75) is 32.7 Å². The predicted molar refractivity (Wildman–Crippen MR) is 72.1 cm³/mol. The standard InChI is InChI=1S/C15H21NO/c1-4-6-11-17-15-9-7-8-14(12-15)13(3)16-10-5-2/h1,7-9,12-13,16H,5-6,10-11H2,2-3H3. The lowest BCUT2D eigenvalue weighted by atomic mass is 10.1. The van der Waals surface area contributed by atoms with Gasteiger partial charge in [-0.2, -0.15) is 0 Å². The Bertz CT molecular complexity index is 367. The Labute approximate surface area is 104 Å². The monoisotopic (exact) mass is 231 g/mol. The second-order valence-electron chi connectivity index (χ2n) is 4.05. The predicted octanol–water partition coefficient (Wildman–Crippen LogP) is 3.15. The minimum atomic E-state index is 0.353. The summed E-state index contributed by atoms with van der Waals surface area (Å²) in [5.41, 5.74) is 1.25. The Balaban J connectivity index is 2.55. The van der Waals surface area contributed by atoms with E-state index in [9.17, 15) is 0 Å². The summed E-state index contributed by atoms with van der Waals surface area (Å²) < 4.78 is 5.57. The van der Waals surface area contributed by atoms with Gasteiger partial charge in [0.25, 0.3) is 0 Å². The van der Waals surface area contributed by atoms with Crippen molar-refractivity contribution in [2.24, 2.45) is 0 Å². The van der Waals surface area contributed by atoms with Crippen LogP contribution in [0, 0.1) is 12.3 Å². The van der Waals surface area contributed by atoms with Gasteiger partial charge < -0.3 is 10.1 Å². The van der Waals surface area contributed by atoms with Crippen LogP contribution >= 0.6 is 0 Å². The molecule has 0 aromatic heterocycles. The fraction of sp³-hybridized carbons (Fsp3) is 0.467. The van der Waals surface area contributed by atoms with Gasteiger partial charge >= 0.3 is 0 Å². The lowest BCUT2D eigenvalue weighted by molar-refractivity contribution is 0.326. The van der Waals surface area contributed by atoms with Crippen molar-refractivity contribution < 1.29 is 4.74 Å². The molecule has 0 spiro atoms. The van der Waals surface area contributed by atoms with Gasteiger partial charge in [-0.1, -0.05) is 19.1 Å². The van der Waals surface area contributed by atoms with Gasteiger partial charge in [-0.15, -0.1) is 12.3 Å². The zero-order valence-corrected chi connectivity index (χ0v) is 10.7. The second kappa shape index (κ2) is 7.76. The molecule has 92 valence electrons. The number of rotatable bonds is 7. The molecule has 1 N–H and O–H groups in total. The van der Waals surface area contributed by atoms with E-state index >= 15 is 0 Å². The fourth-order valence-corrected chi connectivity index (χ4v) is 1.58. The van der Waals surface area contributed by atoms with Crippen molar-refractivity contribution in [1.82, 2.24) is 5.32 Å². The summed E-state index contributed by atoms with van der Waals surface area (Å²) in [5.74, 6) is 3.46. The summed E-state index contributed by atoms with van der Waals surface area (Å²) in [7, 11) is 0. The van der Waals surface area contributed by atoms with E-state index in [0.29, 0.717) is 19.1 Å². The van der Waals surface area contributed by atoms with Crippen LogP contribution in [0.5, 0.6) is 5.75 Å². The van der Waals surface area contributed by atoms with E-state index in [1.807, 2.05) is 12.1 Å². The molecule has 0 radical (unpaired) electrons. The molecular formula is C15H21NO. The number of hydrogen-bond donors (Lipinski definition) is 1. The zero-order chi connectivity index (χ0) is 12.5. The number of benzene rings is 1. The highest BCUT2D eigenvalue weighted by Gasteiger charge is 2.04. The van der Waals surface area contributed by atoms with E-state index in [2.05, 4.69) is 37.2 Å². The number of nitrogens with one attached hydrogen (secondary N) is 1. The molecule has 1 aromatic rings. The lowest BCUT2D eigenvalue weighted by Crippen LogP contribution is -2.19. The Kier molecular flexibility index (Phi) is 6.21. The number of terminal acetylenes is 1. The Morgan fingerprint density at radius 3 is 3.00 bits per heavy atom. The van der Waals surface area contributed by atoms with Crippen molar-refractivity contribution in [1.29, 1.82) is 0 Å². The van der Waals surface area contributed by atoms with Crippen LogP contribution in [0.25, 0.3) is 0 Å². The molecule has 0 aliphatic heterocycles. The molecule has 2 nitrogen and oxygen atoms in total. The highest BCUT2D eigenvalue weighted by Crippen LogP contribution is 2.19. The van der Waals surface area contributed by atoms with E-state index in [4.69, 9.17) is 11.2 Å². The summed E-state index contributed by atoms with van der Waals surface area (Å²) in [6.07, 6.45) is 6.97. The first kappa shape index (κ1) is 13.6. The van der Waals surface area contributed by atoms with E-state index in [1.54, 1.807) is 0 Å². The molecule has 1 rings (SSSR count). The molecular weight excluding hydrogens is 210 g/mol. The largest absolute Gasteiger partial charge is 0.493 e. The first-order valence-electron chi connectivity index (χ1n) is 6.17. The maximum absolute atomic E-state index is 5.57. The SMILES string of the molecule is C#CCCOc1cccc(C(C)NCCC)c1. The molecule has 0 amide bonds. The molecule has 1 aromatic carbocycles. The van der Waals surface area contributed by atoms with Crippen LogP contribution in [0.1, 0.15) is 38.3 Å². The zero-order valence-electron chi connectivity index (χ0n) is 10.7. The lowest BCUT2D eigenvalue weighted by Gasteiger charge is -2.14. The van der Waals surface area contributed by atoms with Gasteiger partial charge in [0.1, 0.15) is 5.75 Å². The van der Waals surface area contributed by atoms with Crippen LogP contribution in [0.4, 0.5) is 0 Å². The summed E-state index contributed by atoms with van der Waals surface area (Å²) in [5, 5.41) is 3.46. The van der Waals surface area contributed by atoms with E-state index in [0.717, 1.165) is 18.7 Å². The van der Waals surface area contributed by atoms with Crippen molar-refractivity contribution in [3.8, 4) is 18.1 Å². The Hall–Kier alpha value is -1.46. The molecule has 1 atom stereocenters. The van der Waals surface area contributed by atoms with Gasteiger partial charge in [-0.3, -0.25) is 0 Å². The number of hydrogen-bond acceptors (Lipinski definition) is 2. The number of ether oxygens (including phenoxy) is 1. The topological polar surface area (TPSA) is 21.3 Å². The van der Waals surface area contributed by atoms with Gasteiger partial charge in [0.05, 0.1) is 6.61 Å². The summed E-state index contributed by atoms with van der Waals surface area (Å²) in [4.78, 5) is 0. The third-order valence-electron chi connectivity index (χ3n) is 2.57. The summed E-state index contributed by atoms with van der Waals surface area (Å²) in [6, 6.07) is 8.52. The van der Waals surface area contributed by atoms with Crippen molar-refractivity contribution >= 4 is 0 Å². The molecule has 1 unspecified atom stereocenters. The van der Waals surface area contributed by atoms with Crippen LogP contribution in [0.3, 0.4) is 0 Å². The maximum atomic E-state index is 5.57. The third-order valence-corrected chi connectivity index (χ3v) is 2.57. The molecule has 17 heavy (non-hydrogen) atoms. The first-order chi connectivity index (χ1) is 8.27. The fourth-order valence-electron chi connectivity index (χ4n) is 1.58. The van der Waals surface area contributed by atoms with Gasteiger partial charge in [-0.25, -0.2) is 0 Å². The Morgan fingerprint density at radius 1 is 1.47 bits per heavy atom. The molecule has 0 aliphatic carbocycles. The van der Waals surface area contributed by atoms with E-state index in [-0.39, 0.29) is 0 Å². The molecule has 0 saturated carbocycles. The average molecular weight is 231 g/mol. The van der Waals surface area contributed by atoms with E-state index < -0.39 is 0 Å². The molecule has 0 aliphatic rings. The van der Waals surface area contributed by atoms with Crippen molar-refractivity contribution in [3.63, 3.8) is 0 Å². The molecule has 2 heteroatoms. The quantitative estimate of drug-likeness (QED) is 0.575. The van der Waals surface area contributed by atoms with Crippen molar-refractivity contribution in [2.75, 3.05) is 13.2 Å². The minimum Gasteiger partial charge on any atom is -0.493 e. The van der Waals surface area contributed by atoms with Crippen LogP contribution in [0.15, 0.2) is 24.3 Å². The van der Waals surface area contributed by atoms with Crippen LogP contribution in [-0.4, -0.2) is 13.2 Å². The summed E-state index contributed by atoms with van der Waals surface area (Å²) >= 11 is 0. The molecule has 0 fully saturated rings. The van der Waals surface area contributed by atoms with Crippen LogP contribution in [-0.2, 0) is 0 Å². The van der Waals surface area contributed by atoms with Crippen LogP contribution < -0.4 is 10.1 Å². The smallest absolute Gasteiger partial charge is 0.119 e. The van der Waals surface area contributed by atoms with E-state index in [1.165, 1.54) is 5.56 Å². The molecule has 0 bridgehead atoms. The first-order valence-corrected chi connectivity index (χ1v) is 6.17. The highest BCUT2D eigenvalue weighted by atomic mass is 16.5. The maximum Gasteiger partial charge on any atom is 0.119 e. The van der Waals surface area contributed by atoms with Gasteiger partial charge in [0, 0.05) is 12.5 Å². The van der Waals surface area contributed by atoms with Crippen LogP contribution in [0.2, 0.25) is 0 Å².